The summed E-state index contributed by atoms with van der Waals surface area (Å²) in [5, 5.41) is 0. The van der Waals surface area contributed by atoms with E-state index in [1.54, 1.807) is 12.4 Å². The van der Waals surface area contributed by atoms with Gasteiger partial charge in [0.25, 0.3) is 0 Å². The minimum absolute atomic E-state index is 0.0480. The molecule has 1 aromatic carbocycles. The van der Waals surface area contributed by atoms with Crippen LogP contribution >= 0.6 is 0 Å². The van der Waals surface area contributed by atoms with Crippen molar-refractivity contribution < 1.29 is 4.79 Å². The Kier molecular flexibility index (Phi) is 3.28. The number of benzene rings is 1. The summed E-state index contributed by atoms with van der Waals surface area (Å²) in [5.41, 5.74) is 5.80. The molecule has 2 nitrogen and oxygen atoms in total. The van der Waals surface area contributed by atoms with E-state index in [9.17, 15) is 4.79 Å². The third kappa shape index (κ3) is 2.33. The van der Waals surface area contributed by atoms with E-state index in [1.165, 1.54) is 5.56 Å². The Bertz CT molecular complexity index is 614. The van der Waals surface area contributed by atoms with Gasteiger partial charge in [-0.2, -0.15) is 0 Å². The van der Waals surface area contributed by atoms with E-state index in [0.717, 1.165) is 22.3 Å². The average molecular weight is 239 g/mol. The molecule has 0 saturated heterocycles. The Balaban J connectivity index is 2.49. The Morgan fingerprint density at radius 2 is 1.56 bits per heavy atom. The summed E-state index contributed by atoms with van der Waals surface area (Å²) in [6.07, 6.45) is 3.38. The maximum atomic E-state index is 12.4. The maximum Gasteiger partial charge on any atom is 0.194 e. The van der Waals surface area contributed by atoms with Gasteiger partial charge in [-0.1, -0.05) is 6.07 Å². The molecule has 1 heterocycles. The molecule has 0 amide bonds. The molecule has 0 spiro atoms. The zero-order chi connectivity index (χ0) is 13.3. The van der Waals surface area contributed by atoms with Gasteiger partial charge >= 0.3 is 0 Å². The predicted octanol–water partition coefficient (Wildman–Crippen LogP) is 3.55. The molecule has 0 unspecified atom stereocenters. The van der Waals surface area contributed by atoms with Crippen molar-refractivity contribution in [1.82, 2.24) is 4.98 Å². The molecule has 2 rings (SSSR count). The lowest BCUT2D eigenvalue weighted by Crippen LogP contribution is -2.05. The quantitative estimate of drug-likeness (QED) is 0.750. The largest absolute Gasteiger partial charge is 0.289 e. The van der Waals surface area contributed by atoms with Crippen LogP contribution in [0.2, 0.25) is 0 Å². The number of hydrogen-bond acceptors (Lipinski definition) is 2. The highest BCUT2D eigenvalue weighted by Gasteiger charge is 2.13. The number of pyridine rings is 1. The van der Waals surface area contributed by atoms with Crippen LogP contribution in [0.25, 0.3) is 0 Å². The normalized spacial score (nSPS) is 10.4. The van der Waals surface area contributed by atoms with Gasteiger partial charge in [-0.15, -0.1) is 0 Å². The van der Waals surface area contributed by atoms with Crippen molar-refractivity contribution in [3.63, 3.8) is 0 Å². The van der Waals surface area contributed by atoms with Gasteiger partial charge in [-0.05, 0) is 62.1 Å². The zero-order valence-corrected chi connectivity index (χ0v) is 11.2. The molecule has 1 aromatic heterocycles. The SMILES string of the molecule is Cc1cncc(C(=O)c2cc(C)c(C)cc2C)c1. The van der Waals surface area contributed by atoms with Crippen molar-refractivity contribution in [3.05, 3.63) is 64.0 Å². The fraction of sp³-hybridized carbons (Fsp3) is 0.250. The van der Waals surface area contributed by atoms with E-state index < -0.39 is 0 Å². The molecule has 0 aliphatic carbocycles. The number of ketones is 1. The molecule has 2 aromatic rings. The number of hydrogen-bond donors (Lipinski definition) is 0. The lowest BCUT2D eigenvalue weighted by Gasteiger charge is -2.09. The average Bonchev–Trinajstić information content (AvgIpc) is 2.33. The first-order valence-corrected chi connectivity index (χ1v) is 6.03. The first-order chi connectivity index (χ1) is 8.49. The van der Waals surface area contributed by atoms with Crippen molar-refractivity contribution in [2.45, 2.75) is 27.7 Å². The van der Waals surface area contributed by atoms with Crippen LogP contribution in [-0.4, -0.2) is 10.8 Å². The lowest BCUT2D eigenvalue weighted by atomic mass is 9.95. The van der Waals surface area contributed by atoms with E-state index >= 15 is 0 Å². The number of nitrogens with zero attached hydrogens (tertiary/aromatic N) is 1. The highest BCUT2D eigenvalue weighted by atomic mass is 16.1. The molecule has 0 radical (unpaired) electrons. The summed E-state index contributed by atoms with van der Waals surface area (Å²) in [7, 11) is 0. The minimum Gasteiger partial charge on any atom is -0.289 e. The molecular formula is C16H17NO. The summed E-state index contributed by atoms with van der Waals surface area (Å²) in [6, 6.07) is 5.91. The van der Waals surface area contributed by atoms with Gasteiger partial charge < -0.3 is 0 Å². The van der Waals surface area contributed by atoms with Gasteiger partial charge in [0.1, 0.15) is 0 Å². The van der Waals surface area contributed by atoms with Crippen molar-refractivity contribution in [2.24, 2.45) is 0 Å². The number of carbonyl (C=O) groups excluding carboxylic acids is 1. The van der Waals surface area contributed by atoms with Crippen LogP contribution in [0.4, 0.5) is 0 Å². The molecule has 0 aliphatic rings. The van der Waals surface area contributed by atoms with Gasteiger partial charge in [0, 0.05) is 23.5 Å². The standard InChI is InChI=1S/C16H17NO/c1-10-5-14(9-17-8-10)16(18)15-7-12(3)11(2)6-13(15)4/h5-9H,1-4H3. The molecule has 0 aliphatic heterocycles. The first-order valence-electron chi connectivity index (χ1n) is 6.03. The Labute approximate surface area is 108 Å². The summed E-state index contributed by atoms with van der Waals surface area (Å²) in [5.74, 6) is 0.0480. The van der Waals surface area contributed by atoms with Gasteiger partial charge in [0.15, 0.2) is 5.78 Å². The van der Waals surface area contributed by atoms with E-state index in [4.69, 9.17) is 0 Å². The van der Waals surface area contributed by atoms with Crippen LogP contribution in [-0.2, 0) is 0 Å². The van der Waals surface area contributed by atoms with E-state index in [-0.39, 0.29) is 5.78 Å². The molecule has 0 N–H and O–H groups in total. The highest BCUT2D eigenvalue weighted by molar-refractivity contribution is 6.09. The number of aryl methyl sites for hydroxylation is 4. The topological polar surface area (TPSA) is 30.0 Å². The fourth-order valence-corrected chi connectivity index (χ4v) is 2.04. The molecule has 18 heavy (non-hydrogen) atoms. The van der Waals surface area contributed by atoms with E-state index in [1.807, 2.05) is 32.9 Å². The van der Waals surface area contributed by atoms with Crippen molar-refractivity contribution in [2.75, 3.05) is 0 Å². The van der Waals surface area contributed by atoms with Gasteiger partial charge in [-0.25, -0.2) is 0 Å². The summed E-state index contributed by atoms with van der Waals surface area (Å²) in [4.78, 5) is 16.5. The second kappa shape index (κ2) is 4.73. The predicted molar refractivity (Wildman–Crippen MR) is 73.1 cm³/mol. The first kappa shape index (κ1) is 12.5. The second-order valence-corrected chi connectivity index (χ2v) is 4.83. The monoisotopic (exact) mass is 239 g/mol. The minimum atomic E-state index is 0.0480. The molecule has 0 saturated carbocycles. The van der Waals surface area contributed by atoms with Crippen molar-refractivity contribution >= 4 is 5.78 Å². The summed E-state index contributed by atoms with van der Waals surface area (Å²) >= 11 is 0. The van der Waals surface area contributed by atoms with Crippen molar-refractivity contribution in [1.29, 1.82) is 0 Å². The smallest absolute Gasteiger partial charge is 0.194 e. The van der Waals surface area contributed by atoms with Gasteiger partial charge in [0.2, 0.25) is 0 Å². The van der Waals surface area contributed by atoms with Gasteiger partial charge in [-0.3, -0.25) is 9.78 Å². The van der Waals surface area contributed by atoms with Crippen LogP contribution < -0.4 is 0 Å². The van der Waals surface area contributed by atoms with E-state index in [0.29, 0.717) is 5.56 Å². The fourth-order valence-electron chi connectivity index (χ4n) is 2.04. The molecule has 0 atom stereocenters. The van der Waals surface area contributed by atoms with E-state index in [2.05, 4.69) is 18.0 Å². The van der Waals surface area contributed by atoms with Crippen molar-refractivity contribution in [3.8, 4) is 0 Å². The van der Waals surface area contributed by atoms with Gasteiger partial charge in [0.05, 0.1) is 0 Å². The third-order valence-corrected chi connectivity index (χ3v) is 3.22. The maximum absolute atomic E-state index is 12.4. The molecule has 92 valence electrons. The molecule has 2 heteroatoms. The molecular weight excluding hydrogens is 222 g/mol. The Morgan fingerprint density at radius 3 is 2.22 bits per heavy atom. The molecule has 0 fully saturated rings. The third-order valence-electron chi connectivity index (χ3n) is 3.22. The molecule has 0 bridgehead atoms. The summed E-state index contributed by atoms with van der Waals surface area (Å²) in [6.45, 7) is 8.00. The number of carbonyl (C=O) groups is 1. The number of aromatic nitrogens is 1. The second-order valence-electron chi connectivity index (χ2n) is 4.83. The summed E-state index contributed by atoms with van der Waals surface area (Å²) < 4.78 is 0. The lowest BCUT2D eigenvalue weighted by molar-refractivity contribution is 0.103. The van der Waals surface area contributed by atoms with Crippen LogP contribution in [0.1, 0.15) is 38.2 Å². The van der Waals surface area contributed by atoms with Crippen LogP contribution in [0.15, 0.2) is 30.6 Å². The highest BCUT2D eigenvalue weighted by Crippen LogP contribution is 2.19. The van der Waals surface area contributed by atoms with Crippen LogP contribution in [0, 0.1) is 27.7 Å². The van der Waals surface area contributed by atoms with Crippen LogP contribution in [0.5, 0.6) is 0 Å². The number of rotatable bonds is 2. The Hall–Kier alpha value is -1.96. The Morgan fingerprint density at radius 1 is 0.889 bits per heavy atom. The van der Waals surface area contributed by atoms with Crippen LogP contribution in [0.3, 0.4) is 0 Å². The zero-order valence-electron chi connectivity index (χ0n) is 11.2.